The number of anilines is 1. The van der Waals surface area contributed by atoms with E-state index in [9.17, 15) is 4.79 Å². The summed E-state index contributed by atoms with van der Waals surface area (Å²) in [5.74, 6) is 0.827. The van der Waals surface area contributed by atoms with Gasteiger partial charge in [0.2, 0.25) is 0 Å². The zero-order valence-corrected chi connectivity index (χ0v) is 17.2. The van der Waals surface area contributed by atoms with Crippen LogP contribution in [0.3, 0.4) is 0 Å². The summed E-state index contributed by atoms with van der Waals surface area (Å²) in [6.07, 6.45) is 6.34. The summed E-state index contributed by atoms with van der Waals surface area (Å²) >= 11 is 0. The molecule has 1 saturated carbocycles. The second-order valence-corrected chi connectivity index (χ2v) is 7.50. The normalized spacial score (nSPS) is 15.4. The number of nitrogens with one attached hydrogen (secondary N) is 3. The second kappa shape index (κ2) is 10.1. The Morgan fingerprint density at radius 1 is 1.21 bits per heavy atom. The van der Waals surface area contributed by atoms with Crippen LogP contribution in [0.5, 0.6) is 0 Å². The average molecular weight is 399 g/mol. The summed E-state index contributed by atoms with van der Waals surface area (Å²) in [4.78, 5) is 16.3. The average Bonchev–Trinajstić information content (AvgIpc) is 3.25. The molecule has 1 aliphatic rings. The van der Waals surface area contributed by atoms with Gasteiger partial charge in [0.25, 0.3) is 5.91 Å². The monoisotopic (exact) mass is 398 g/mol. The van der Waals surface area contributed by atoms with E-state index in [-0.39, 0.29) is 5.91 Å². The number of amides is 1. The third kappa shape index (κ3) is 5.84. The molecule has 0 unspecified atom stereocenters. The number of ether oxygens (including phenoxy) is 1. The summed E-state index contributed by atoms with van der Waals surface area (Å²) in [7, 11) is 3.54. The van der Waals surface area contributed by atoms with Gasteiger partial charge in [0.1, 0.15) is 0 Å². The predicted octanol–water partition coefficient (Wildman–Crippen LogP) is 3.40. The first-order valence-electron chi connectivity index (χ1n) is 10.0. The molecule has 0 radical (unpaired) electrons. The van der Waals surface area contributed by atoms with E-state index in [1.807, 2.05) is 24.3 Å². The van der Waals surface area contributed by atoms with Gasteiger partial charge in [-0.1, -0.05) is 18.6 Å². The minimum Gasteiger partial charge on any atom is -0.459 e. The number of methoxy groups -OCH3 is 1. The van der Waals surface area contributed by atoms with Gasteiger partial charge in [-0.2, -0.15) is 0 Å². The lowest BCUT2D eigenvalue weighted by molar-refractivity contribution is 0.0732. The molecule has 0 spiro atoms. The summed E-state index contributed by atoms with van der Waals surface area (Å²) in [5.41, 5.74) is 2.16. The molecule has 1 fully saturated rings. The molecule has 1 aromatic carbocycles. The van der Waals surface area contributed by atoms with E-state index in [1.54, 1.807) is 26.3 Å². The fraction of sp³-hybridized carbons (Fsp3) is 0.455. The highest BCUT2D eigenvalue weighted by Crippen LogP contribution is 2.43. The Balaban J connectivity index is 1.45. The van der Waals surface area contributed by atoms with Gasteiger partial charge in [-0.05, 0) is 54.5 Å². The van der Waals surface area contributed by atoms with Crippen LogP contribution in [-0.4, -0.2) is 39.2 Å². The van der Waals surface area contributed by atoms with E-state index in [2.05, 4.69) is 20.9 Å². The largest absolute Gasteiger partial charge is 0.459 e. The molecule has 1 amide bonds. The van der Waals surface area contributed by atoms with Crippen molar-refractivity contribution in [1.82, 2.24) is 10.6 Å². The molecule has 1 aromatic heterocycles. The maximum absolute atomic E-state index is 12.0. The molecule has 1 heterocycles. The highest BCUT2D eigenvalue weighted by Gasteiger charge is 2.36. The standard InChI is InChI=1S/C22H30N4O3/c1-23-21(25-16-22(10-4-11-22)12-14-28-2)24-15-17-6-8-18(9-7-17)26-20(27)19-5-3-13-29-19/h3,5-9,13H,4,10-12,14-16H2,1-2H3,(H,26,27)(H2,23,24,25). The number of carbonyl (C=O) groups excluding carboxylic acids is 1. The first kappa shape index (κ1) is 20.9. The molecule has 0 atom stereocenters. The SMILES string of the molecule is CN=C(NCc1ccc(NC(=O)c2ccco2)cc1)NCC1(CCOC)CCC1. The number of rotatable bonds is 9. The molecule has 156 valence electrons. The lowest BCUT2D eigenvalue weighted by Crippen LogP contribution is -2.46. The molecule has 1 aliphatic carbocycles. The van der Waals surface area contributed by atoms with Gasteiger partial charge in [0.15, 0.2) is 11.7 Å². The van der Waals surface area contributed by atoms with Gasteiger partial charge in [-0.3, -0.25) is 9.79 Å². The van der Waals surface area contributed by atoms with Crippen molar-refractivity contribution in [1.29, 1.82) is 0 Å². The fourth-order valence-corrected chi connectivity index (χ4v) is 3.49. The molecule has 2 aromatic rings. The van der Waals surface area contributed by atoms with E-state index in [0.29, 0.717) is 17.7 Å². The summed E-state index contributed by atoms with van der Waals surface area (Å²) < 4.78 is 10.4. The van der Waals surface area contributed by atoms with E-state index in [0.717, 1.165) is 36.8 Å². The molecule has 3 rings (SSSR count). The van der Waals surface area contributed by atoms with Crippen LogP contribution in [0.15, 0.2) is 52.1 Å². The van der Waals surface area contributed by atoms with Crippen molar-refractivity contribution in [2.75, 3.05) is 32.6 Å². The maximum Gasteiger partial charge on any atom is 0.291 e. The smallest absolute Gasteiger partial charge is 0.291 e. The topological polar surface area (TPSA) is 87.9 Å². The lowest BCUT2D eigenvalue weighted by Gasteiger charge is -2.42. The van der Waals surface area contributed by atoms with Gasteiger partial charge in [0.05, 0.1) is 6.26 Å². The van der Waals surface area contributed by atoms with E-state index in [4.69, 9.17) is 9.15 Å². The number of hydrogen-bond donors (Lipinski definition) is 3. The van der Waals surface area contributed by atoms with Crippen molar-refractivity contribution in [3.63, 3.8) is 0 Å². The highest BCUT2D eigenvalue weighted by atomic mass is 16.5. The minimum atomic E-state index is -0.260. The van der Waals surface area contributed by atoms with Crippen LogP contribution in [0.4, 0.5) is 5.69 Å². The summed E-state index contributed by atoms with van der Waals surface area (Å²) in [5, 5.41) is 9.63. The first-order chi connectivity index (χ1) is 14.1. The Labute approximate surface area is 171 Å². The molecule has 0 bridgehead atoms. The van der Waals surface area contributed by atoms with Gasteiger partial charge in [-0.15, -0.1) is 0 Å². The van der Waals surface area contributed by atoms with Crippen molar-refractivity contribution < 1.29 is 13.9 Å². The van der Waals surface area contributed by atoms with Gasteiger partial charge < -0.3 is 25.1 Å². The van der Waals surface area contributed by atoms with Gasteiger partial charge in [-0.25, -0.2) is 0 Å². The zero-order chi connectivity index (χ0) is 20.5. The van der Waals surface area contributed by atoms with Crippen molar-refractivity contribution >= 4 is 17.6 Å². The van der Waals surface area contributed by atoms with Crippen molar-refractivity contribution in [2.24, 2.45) is 10.4 Å². The van der Waals surface area contributed by atoms with E-state index >= 15 is 0 Å². The van der Waals surface area contributed by atoms with Crippen LogP contribution >= 0.6 is 0 Å². The molecular formula is C22H30N4O3. The Morgan fingerprint density at radius 2 is 2.00 bits per heavy atom. The lowest BCUT2D eigenvalue weighted by atomic mass is 9.67. The summed E-state index contributed by atoms with van der Waals surface area (Å²) in [6.45, 7) is 2.36. The van der Waals surface area contributed by atoms with Crippen LogP contribution in [0.25, 0.3) is 0 Å². The second-order valence-electron chi connectivity index (χ2n) is 7.50. The van der Waals surface area contributed by atoms with Gasteiger partial charge in [0, 0.05) is 39.5 Å². The summed E-state index contributed by atoms with van der Waals surface area (Å²) in [6, 6.07) is 11.0. The van der Waals surface area contributed by atoms with Crippen LogP contribution in [0.2, 0.25) is 0 Å². The maximum atomic E-state index is 12.0. The van der Waals surface area contributed by atoms with Crippen LogP contribution in [0.1, 0.15) is 41.8 Å². The fourth-order valence-electron chi connectivity index (χ4n) is 3.49. The van der Waals surface area contributed by atoms with Gasteiger partial charge >= 0.3 is 0 Å². The number of hydrogen-bond acceptors (Lipinski definition) is 4. The molecule has 7 heteroatoms. The predicted molar refractivity (Wildman–Crippen MR) is 114 cm³/mol. The van der Waals surface area contributed by atoms with Crippen LogP contribution in [0, 0.1) is 5.41 Å². The Morgan fingerprint density at radius 3 is 2.59 bits per heavy atom. The number of aliphatic imine (C=N–C) groups is 1. The Hall–Kier alpha value is -2.80. The van der Waals surface area contributed by atoms with Crippen LogP contribution in [-0.2, 0) is 11.3 Å². The van der Waals surface area contributed by atoms with E-state index in [1.165, 1.54) is 25.5 Å². The number of carbonyl (C=O) groups is 1. The van der Waals surface area contributed by atoms with Crippen molar-refractivity contribution in [2.45, 2.75) is 32.2 Å². The quantitative estimate of drug-likeness (QED) is 0.445. The van der Waals surface area contributed by atoms with Crippen molar-refractivity contribution in [3.8, 4) is 0 Å². The third-order valence-corrected chi connectivity index (χ3v) is 5.52. The third-order valence-electron chi connectivity index (χ3n) is 5.52. The molecule has 7 nitrogen and oxygen atoms in total. The molecular weight excluding hydrogens is 368 g/mol. The Bertz CT molecular complexity index is 796. The van der Waals surface area contributed by atoms with Crippen molar-refractivity contribution in [3.05, 3.63) is 54.0 Å². The molecule has 0 saturated heterocycles. The number of guanidine groups is 1. The van der Waals surface area contributed by atoms with E-state index < -0.39 is 0 Å². The zero-order valence-electron chi connectivity index (χ0n) is 17.2. The molecule has 3 N–H and O–H groups in total. The highest BCUT2D eigenvalue weighted by molar-refractivity contribution is 6.02. The number of furan rings is 1. The number of benzene rings is 1. The Kier molecular flexibility index (Phi) is 7.30. The number of nitrogens with zero attached hydrogens (tertiary/aromatic N) is 1. The molecule has 29 heavy (non-hydrogen) atoms. The minimum absolute atomic E-state index is 0.260. The van der Waals surface area contributed by atoms with Crippen LogP contribution < -0.4 is 16.0 Å². The molecule has 0 aliphatic heterocycles. The first-order valence-corrected chi connectivity index (χ1v) is 10.0.